The maximum atomic E-state index is 13.9. The molecule has 1 aliphatic heterocycles. The maximum absolute atomic E-state index is 13.9. The fourth-order valence-electron chi connectivity index (χ4n) is 3.65. The van der Waals surface area contributed by atoms with Gasteiger partial charge in [0.05, 0.1) is 6.61 Å². The number of halogens is 2. The van der Waals surface area contributed by atoms with Gasteiger partial charge in [0, 0.05) is 28.5 Å². The molecule has 0 unspecified atom stereocenters. The van der Waals surface area contributed by atoms with E-state index in [0.717, 1.165) is 46.7 Å². The third-order valence-electron chi connectivity index (χ3n) is 5.09. The molecule has 4 rings (SSSR count). The van der Waals surface area contributed by atoms with Crippen LogP contribution in [0, 0.1) is 9.65 Å². The number of fused-ring (bicyclic) bond motifs is 2. The minimum Gasteiger partial charge on any atom is -0.493 e. The van der Waals surface area contributed by atoms with Crippen molar-refractivity contribution in [3.63, 3.8) is 0 Å². The number of anilines is 1. The minimum atomic E-state index is -0.832. The van der Waals surface area contributed by atoms with E-state index in [-0.39, 0.29) is 11.4 Å². The van der Waals surface area contributed by atoms with E-state index in [1.54, 1.807) is 0 Å². The van der Waals surface area contributed by atoms with Crippen LogP contribution in [0.2, 0.25) is 0 Å². The van der Waals surface area contributed by atoms with Crippen LogP contribution in [0.25, 0.3) is 11.2 Å². The molecule has 2 aromatic heterocycles. The van der Waals surface area contributed by atoms with Gasteiger partial charge in [-0.05, 0) is 79.6 Å². The summed E-state index contributed by atoms with van der Waals surface area (Å²) in [7, 11) is 0. The fourth-order valence-corrected chi connectivity index (χ4v) is 4.38. The largest absolute Gasteiger partial charge is 0.493 e. The van der Waals surface area contributed by atoms with Crippen LogP contribution < -0.4 is 15.8 Å². The van der Waals surface area contributed by atoms with Gasteiger partial charge in [-0.2, -0.15) is 14.4 Å². The van der Waals surface area contributed by atoms with Crippen LogP contribution in [0.4, 0.5) is 10.2 Å². The lowest BCUT2D eigenvalue weighted by molar-refractivity contribution is 0.356. The quantitative estimate of drug-likeness (QED) is 0.294. The Labute approximate surface area is 188 Å². The summed E-state index contributed by atoms with van der Waals surface area (Å²) in [6.45, 7) is 8.60. The zero-order valence-corrected chi connectivity index (χ0v) is 19.6. The summed E-state index contributed by atoms with van der Waals surface area (Å²) in [4.78, 5) is 12.3. The Bertz CT molecular complexity index is 1090. The third kappa shape index (κ3) is 4.51. The lowest BCUT2D eigenvalue weighted by Crippen LogP contribution is -2.36. The number of imidazole rings is 1. The predicted molar refractivity (Wildman–Crippen MR) is 123 cm³/mol. The summed E-state index contributed by atoms with van der Waals surface area (Å²) >= 11 is 2.35. The Morgan fingerprint density at radius 3 is 2.83 bits per heavy atom. The van der Waals surface area contributed by atoms with Gasteiger partial charge in [-0.3, -0.25) is 0 Å². The first-order chi connectivity index (χ1) is 14.2. The molecule has 0 bridgehead atoms. The normalized spacial score (nSPS) is 13.6. The molecule has 0 spiro atoms. The Hall–Kier alpha value is -2.01. The number of nitrogen functional groups attached to an aromatic ring is 1. The van der Waals surface area contributed by atoms with Gasteiger partial charge in [0.25, 0.3) is 0 Å². The van der Waals surface area contributed by atoms with Gasteiger partial charge in [-0.15, -0.1) is 0 Å². The van der Waals surface area contributed by atoms with Crippen LogP contribution in [0.5, 0.6) is 5.75 Å². The van der Waals surface area contributed by atoms with Crippen molar-refractivity contribution in [1.29, 1.82) is 0 Å². The summed E-state index contributed by atoms with van der Waals surface area (Å²) in [5, 5.41) is 3.48. The molecule has 1 aromatic carbocycles. The number of benzene rings is 1. The molecule has 3 aromatic rings. The lowest BCUT2D eigenvalue weighted by Gasteiger charge is -2.20. The first kappa shape index (κ1) is 21.2. The van der Waals surface area contributed by atoms with Gasteiger partial charge in [-0.1, -0.05) is 0 Å². The molecule has 1 aliphatic rings. The minimum absolute atomic E-state index is 0.0407. The van der Waals surface area contributed by atoms with Crippen molar-refractivity contribution in [3.8, 4) is 5.75 Å². The van der Waals surface area contributed by atoms with Crippen molar-refractivity contribution in [2.45, 2.75) is 52.1 Å². The summed E-state index contributed by atoms with van der Waals surface area (Å²) in [5.41, 5.74) is 9.23. The van der Waals surface area contributed by atoms with Crippen molar-refractivity contribution in [2.24, 2.45) is 0 Å². The first-order valence-electron chi connectivity index (χ1n) is 10.1. The zero-order valence-electron chi connectivity index (χ0n) is 17.4. The molecule has 0 aliphatic carbocycles. The number of ether oxygens (including phenoxy) is 1. The molecular weight excluding hydrogens is 495 g/mol. The standard InChI is InChI=1S/C21H26FIN6O/c1-21(2,3)25-6-4-7-29-16(26-17-18(24)27-20(22)28-19(17)29)11-13-10-15-12(5-8-30-15)9-14(13)23/h9-10,25H,4-8,11H2,1-3H3,(H2,24,27,28)/i23-3. The lowest BCUT2D eigenvalue weighted by atomic mass is 10.1. The van der Waals surface area contributed by atoms with E-state index in [0.29, 0.717) is 24.1 Å². The van der Waals surface area contributed by atoms with Gasteiger partial charge in [0.2, 0.25) is 0 Å². The molecule has 0 radical (unpaired) electrons. The molecule has 3 N–H and O–H groups in total. The SMILES string of the molecule is CC(C)(C)NCCCn1c(Cc2cc3c(cc2[124I])CCO3)nc2c(N)nc(F)nc21. The molecule has 3 heterocycles. The van der Waals surface area contributed by atoms with Crippen LogP contribution in [0.1, 0.15) is 44.1 Å². The van der Waals surface area contributed by atoms with Gasteiger partial charge in [0.15, 0.2) is 17.0 Å². The Morgan fingerprint density at radius 2 is 2.07 bits per heavy atom. The Kier molecular flexibility index (Phi) is 5.84. The molecule has 0 atom stereocenters. The molecular formula is C21H26FIN6O. The number of nitrogens with zero attached hydrogens (tertiary/aromatic N) is 4. The summed E-state index contributed by atoms with van der Waals surface area (Å²) < 4.78 is 22.8. The van der Waals surface area contributed by atoms with Crippen molar-refractivity contribution < 1.29 is 9.13 Å². The molecule has 7 nitrogen and oxygen atoms in total. The highest BCUT2D eigenvalue weighted by Gasteiger charge is 2.20. The van der Waals surface area contributed by atoms with Gasteiger partial charge >= 0.3 is 6.08 Å². The zero-order chi connectivity index (χ0) is 21.5. The van der Waals surface area contributed by atoms with E-state index >= 15 is 0 Å². The third-order valence-corrected chi connectivity index (χ3v) is 6.10. The van der Waals surface area contributed by atoms with Crippen LogP contribution in [-0.2, 0) is 19.4 Å². The average Bonchev–Trinajstić information content (AvgIpc) is 3.23. The van der Waals surface area contributed by atoms with Crippen LogP contribution >= 0.6 is 22.6 Å². The van der Waals surface area contributed by atoms with Crippen molar-refractivity contribution in [3.05, 3.63) is 38.7 Å². The van der Waals surface area contributed by atoms with Crippen LogP contribution in [0.3, 0.4) is 0 Å². The van der Waals surface area contributed by atoms with E-state index in [1.807, 2.05) is 4.57 Å². The second-order valence-electron chi connectivity index (χ2n) is 8.59. The van der Waals surface area contributed by atoms with Crippen LogP contribution in [-0.4, -0.2) is 38.2 Å². The molecule has 160 valence electrons. The van der Waals surface area contributed by atoms with Gasteiger partial charge in [-0.25, -0.2) is 4.98 Å². The number of rotatable bonds is 6. The highest BCUT2D eigenvalue weighted by atomic mass is 124. The second-order valence-corrected chi connectivity index (χ2v) is 9.75. The molecule has 0 saturated carbocycles. The summed E-state index contributed by atoms with van der Waals surface area (Å²) in [6.07, 6.45) is 1.54. The monoisotopic (exact) mass is 521 g/mol. The Morgan fingerprint density at radius 1 is 1.27 bits per heavy atom. The van der Waals surface area contributed by atoms with E-state index in [9.17, 15) is 4.39 Å². The smallest absolute Gasteiger partial charge is 0.312 e. The van der Waals surface area contributed by atoms with E-state index in [2.05, 4.69) is 70.8 Å². The molecule has 0 saturated heterocycles. The fraction of sp³-hybridized carbons (Fsp3) is 0.476. The number of nitrogens with two attached hydrogens (primary N) is 1. The van der Waals surface area contributed by atoms with Crippen LogP contribution in [0.15, 0.2) is 12.1 Å². The van der Waals surface area contributed by atoms with Crippen molar-refractivity contribution >= 4 is 39.6 Å². The maximum Gasteiger partial charge on any atom is 0.312 e. The number of nitrogens with one attached hydrogen (secondary N) is 1. The van der Waals surface area contributed by atoms with E-state index in [1.165, 1.54) is 5.56 Å². The summed E-state index contributed by atoms with van der Waals surface area (Å²) in [6, 6.07) is 4.26. The van der Waals surface area contributed by atoms with Gasteiger partial charge < -0.3 is 20.4 Å². The second kappa shape index (κ2) is 8.26. The average molecular weight is 521 g/mol. The van der Waals surface area contributed by atoms with Crippen molar-refractivity contribution in [1.82, 2.24) is 24.8 Å². The van der Waals surface area contributed by atoms with Crippen molar-refractivity contribution in [2.75, 3.05) is 18.9 Å². The van der Waals surface area contributed by atoms with E-state index < -0.39 is 6.08 Å². The molecule has 0 amide bonds. The molecule has 9 heteroatoms. The highest BCUT2D eigenvalue weighted by Crippen LogP contribution is 2.31. The van der Waals surface area contributed by atoms with Gasteiger partial charge in [0.1, 0.15) is 11.6 Å². The number of aromatic nitrogens is 4. The topological polar surface area (TPSA) is 90.9 Å². The number of hydrogen-bond acceptors (Lipinski definition) is 6. The Balaban J connectivity index is 1.67. The first-order valence-corrected chi connectivity index (χ1v) is 11.2. The number of hydrogen-bond donors (Lipinski definition) is 2. The number of aryl methyl sites for hydroxylation is 1. The molecule has 0 fully saturated rings. The molecule has 30 heavy (non-hydrogen) atoms. The highest BCUT2D eigenvalue weighted by molar-refractivity contribution is 14.1. The summed E-state index contributed by atoms with van der Waals surface area (Å²) in [5.74, 6) is 1.80. The predicted octanol–water partition coefficient (Wildman–Crippen LogP) is 3.46. The van der Waals surface area contributed by atoms with E-state index in [4.69, 9.17) is 15.5 Å².